The lowest BCUT2D eigenvalue weighted by molar-refractivity contribution is -0.146. The normalized spacial score (nSPS) is 16.2. The van der Waals surface area contributed by atoms with Crippen LogP contribution in [-0.2, 0) is 16.0 Å². The topological polar surface area (TPSA) is 75.4 Å². The Balaban J connectivity index is 1.66. The van der Waals surface area contributed by atoms with Crippen molar-refractivity contribution >= 4 is 11.8 Å². The van der Waals surface area contributed by atoms with Crippen molar-refractivity contribution in [3.63, 3.8) is 0 Å². The van der Waals surface area contributed by atoms with E-state index < -0.39 is 0 Å². The van der Waals surface area contributed by atoms with Gasteiger partial charge in [-0.3, -0.25) is 14.5 Å². The fourth-order valence-electron chi connectivity index (χ4n) is 3.92. The third-order valence-electron chi connectivity index (χ3n) is 5.68. The maximum absolute atomic E-state index is 13.1. The van der Waals surface area contributed by atoms with E-state index in [1.54, 1.807) is 0 Å². The number of nitrogens with zero attached hydrogens (tertiary/aromatic N) is 1. The highest BCUT2D eigenvalue weighted by atomic mass is 16.2. The van der Waals surface area contributed by atoms with Crippen molar-refractivity contribution in [3.05, 3.63) is 60.2 Å². The fraction of sp³-hybridized carbons (Fsp3) is 0.440. The van der Waals surface area contributed by atoms with Crippen LogP contribution in [0.5, 0.6) is 0 Å². The zero-order valence-electron chi connectivity index (χ0n) is 17.7. The van der Waals surface area contributed by atoms with Crippen molar-refractivity contribution in [2.24, 2.45) is 5.73 Å². The van der Waals surface area contributed by atoms with Crippen LogP contribution < -0.4 is 11.1 Å². The van der Waals surface area contributed by atoms with E-state index in [0.29, 0.717) is 13.1 Å². The van der Waals surface area contributed by atoms with Gasteiger partial charge in [0.1, 0.15) is 0 Å². The summed E-state index contributed by atoms with van der Waals surface area (Å²) in [5.41, 5.74) is 8.77. The van der Waals surface area contributed by atoms with Crippen molar-refractivity contribution in [2.75, 3.05) is 19.6 Å². The second-order valence-corrected chi connectivity index (χ2v) is 7.98. The summed E-state index contributed by atoms with van der Waals surface area (Å²) < 4.78 is 0. The summed E-state index contributed by atoms with van der Waals surface area (Å²) >= 11 is 0. The minimum Gasteiger partial charge on any atom is -0.330 e. The van der Waals surface area contributed by atoms with Crippen molar-refractivity contribution < 1.29 is 9.59 Å². The van der Waals surface area contributed by atoms with E-state index in [4.69, 9.17) is 5.73 Å². The summed E-state index contributed by atoms with van der Waals surface area (Å²) in [5.74, 6) is -0.194. The monoisotopic (exact) mass is 407 g/mol. The molecule has 2 aromatic carbocycles. The summed E-state index contributed by atoms with van der Waals surface area (Å²) in [4.78, 5) is 27.6. The molecule has 160 valence electrons. The Morgan fingerprint density at radius 2 is 1.67 bits per heavy atom. The molecule has 0 radical (unpaired) electrons. The van der Waals surface area contributed by atoms with Crippen molar-refractivity contribution in [1.82, 2.24) is 10.2 Å². The number of benzene rings is 2. The number of amides is 2. The van der Waals surface area contributed by atoms with Gasteiger partial charge in [-0.25, -0.2) is 0 Å². The van der Waals surface area contributed by atoms with E-state index in [2.05, 4.69) is 17.4 Å². The highest BCUT2D eigenvalue weighted by Gasteiger charge is 2.29. The summed E-state index contributed by atoms with van der Waals surface area (Å²) in [6.45, 7) is 1.95. The van der Waals surface area contributed by atoms with Gasteiger partial charge in [0.2, 0.25) is 11.8 Å². The molecule has 0 bridgehead atoms. The van der Waals surface area contributed by atoms with Crippen molar-refractivity contribution in [2.45, 2.75) is 51.0 Å². The first kappa shape index (κ1) is 22.2. The summed E-state index contributed by atoms with van der Waals surface area (Å²) in [6, 6.07) is 18.0. The molecule has 1 aliphatic rings. The lowest BCUT2D eigenvalue weighted by atomic mass is 10.0. The number of hydrogen-bond acceptors (Lipinski definition) is 4. The molecule has 3 rings (SSSR count). The number of carbonyl (C=O) groups excluding carboxylic acids is 2. The smallest absolute Gasteiger partial charge is 0.246 e. The minimum atomic E-state index is -0.238. The summed E-state index contributed by atoms with van der Waals surface area (Å²) in [7, 11) is 0. The molecule has 3 N–H and O–H groups in total. The molecule has 0 spiro atoms. The first-order valence-corrected chi connectivity index (χ1v) is 11.1. The number of rotatable bonds is 9. The second kappa shape index (κ2) is 11.6. The lowest BCUT2D eigenvalue weighted by Crippen LogP contribution is -2.51. The van der Waals surface area contributed by atoms with Gasteiger partial charge in [-0.1, -0.05) is 67.4 Å². The number of nitrogens with one attached hydrogen (secondary N) is 1. The van der Waals surface area contributed by atoms with Gasteiger partial charge in [0.25, 0.3) is 0 Å². The van der Waals surface area contributed by atoms with Crippen molar-refractivity contribution in [1.29, 1.82) is 0 Å². The van der Waals surface area contributed by atoms with Crippen LogP contribution in [0.2, 0.25) is 0 Å². The van der Waals surface area contributed by atoms with Gasteiger partial charge >= 0.3 is 0 Å². The Hall–Kier alpha value is -2.50. The molecule has 1 fully saturated rings. The first-order chi connectivity index (χ1) is 14.7. The number of imide groups is 1. The zero-order valence-corrected chi connectivity index (χ0v) is 17.7. The molecule has 5 nitrogen and oxygen atoms in total. The molecule has 1 aliphatic heterocycles. The highest BCUT2D eigenvalue weighted by molar-refractivity contribution is 5.98. The van der Waals surface area contributed by atoms with Gasteiger partial charge in [0.05, 0.1) is 12.5 Å². The predicted octanol–water partition coefficient (Wildman–Crippen LogP) is 3.52. The predicted molar refractivity (Wildman–Crippen MR) is 121 cm³/mol. The number of carbonyl (C=O) groups is 2. The molecule has 0 aliphatic carbocycles. The number of piperidine rings is 1. The standard InChI is InChI=1S/C25H33N3O2/c26-16-6-2-8-18-28(25(30)23-11-5-7-17-27-23)24(29)19-20-12-14-22(15-13-20)21-9-3-1-4-10-21/h1,3-4,9-10,12-15,23,27H,2,5-8,11,16-19,26H2/t23-/m1/s1. The third kappa shape index (κ3) is 6.25. The van der Waals surface area contributed by atoms with E-state index in [9.17, 15) is 9.59 Å². The van der Waals surface area contributed by atoms with E-state index >= 15 is 0 Å². The zero-order chi connectivity index (χ0) is 21.2. The Labute approximate surface area is 179 Å². The minimum absolute atomic E-state index is 0.0756. The van der Waals surface area contributed by atoms with E-state index in [1.807, 2.05) is 42.5 Å². The van der Waals surface area contributed by atoms with Crippen LogP contribution >= 0.6 is 0 Å². The molecule has 0 aromatic heterocycles. The first-order valence-electron chi connectivity index (χ1n) is 11.1. The van der Waals surface area contributed by atoms with E-state index in [0.717, 1.165) is 61.8 Å². The molecule has 5 heteroatoms. The molecule has 1 heterocycles. The van der Waals surface area contributed by atoms with Crippen LogP contribution in [0, 0.1) is 0 Å². The van der Waals surface area contributed by atoms with Crippen molar-refractivity contribution in [3.8, 4) is 11.1 Å². The van der Waals surface area contributed by atoms with Gasteiger partial charge in [-0.15, -0.1) is 0 Å². The molecule has 30 heavy (non-hydrogen) atoms. The Kier molecular flexibility index (Phi) is 8.60. The van der Waals surface area contributed by atoms with Crippen LogP contribution in [0.4, 0.5) is 0 Å². The van der Waals surface area contributed by atoms with E-state index in [-0.39, 0.29) is 24.3 Å². The molecular formula is C25H33N3O2. The number of hydrogen-bond donors (Lipinski definition) is 2. The van der Waals surface area contributed by atoms with Gasteiger partial charge in [-0.2, -0.15) is 0 Å². The number of nitrogens with two attached hydrogens (primary N) is 1. The second-order valence-electron chi connectivity index (χ2n) is 7.98. The van der Waals surface area contributed by atoms with Gasteiger partial charge in [0, 0.05) is 6.54 Å². The SMILES string of the molecule is NCCCCCN(C(=O)Cc1ccc(-c2ccccc2)cc1)C(=O)[C@H]1CCCCN1. The molecule has 2 amide bonds. The van der Waals surface area contributed by atoms with E-state index in [1.165, 1.54) is 4.90 Å². The van der Waals surface area contributed by atoms with Crippen LogP contribution in [0.1, 0.15) is 44.1 Å². The van der Waals surface area contributed by atoms with Gasteiger partial charge < -0.3 is 11.1 Å². The molecule has 0 unspecified atom stereocenters. The third-order valence-corrected chi connectivity index (χ3v) is 5.68. The molecule has 2 aromatic rings. The average Bonchev–Trinajstić information content (AvgIpc) is 2.80. The fourth-order valence-corrected chi connectivity index (χ4v) is 3.92. The molecule has 1 saturated heterocycles. The van der Waals surface area contributed by atoms with Crippen LogP contribution in [0.25, 0.3) is 11.1 Å². The number of unbranched alkanes of at least 4 members (excludes halogenated alkanes) is 2. The summed E-state index contributed by atoms with van der Waals surface area (Å²) in [6.07, 6.45) is 5.80. The Morgan fingerprint density at radius 3 is 2.33 bits per heavy atom. The molecular weight excluding hydrogens is 374 g/mol. The molecule has 1 atom stereocenters. The van der Waals surface area contributed by atoms with Gasteiger partial charge in [-0.05, 0) is 55.5 Å². The quantitative estimate of drug-likeness (QED) is 0.624. The maximum atomic E-state index is 13.1. The Bertz CT molecular complexity index is 799. The van der Waals surface area contributed by atoms with Crippen LogP contribution in [0.15, 0.2) is 54.6 Å². The highest BCUT2D eigenvalue weighted by Crippen LogP contribution is 2.20. The lowest BCUT2D eigenvalue weighted by Gasteiger charge is -2.29. The van der Waals surface area contributed by atoms with Gasteiger partial charge in [0.15, 0.2) is 0 Å². The Morgan fingerprint density at radius 1 is 0.933 bits per heavy atom. The van der Waals surface area contributed by atoms with Crippen LogP contribution in [0.3, 0.4) is 0 Å². The van der Waals surface area contributed by atoms with Crippen LogP contribution in [-0.4, -0.2) is 42.4 Å². The maximum Gasteiger partial charge on any atom is 0.246 e. The average molecular weight is 408 g/mol. The summed E-state index contributed by atoms with van der Waals surface area (Å²) in [5, 5.41) is 3.28. The molecule has 0 saturated carbocycles. The largest absolute Gasteiger partial charge is 0.330 e.